The summed E-state index contributed by atoms with van der Waals surface area (Å²) in [7, 11) is 1.51. The van der Waals surface area contributed by atoms with Gasteiger partial charge in [-0.25, -0.2) is 4.98 Å². The number of imidazole rings is 1. The topological polar surface area (TPSA) is 112 Å². The van der Waals surface area contributed by atoms with Gasteiger partial charge in [0.2, 0.25) is 0 Å². The number of para-hydroxylation sites is 2. The summed E-state index contributed by atoms with van der Waals surface area (Å²) < 4.78 is 16.6. The molecule has 1 aliphatic rings. The Kier molecular flexibility index (Phi) is 9.51. The van der Waals surface area contributed by atoms with Crippen LogP contribution in [0.15, 0.2) is 60.7 Å². The number of carbonyl (C=O) groups excluding carboxylic acids is 1. The average Bonchev–Trinajstić information content (AvgIpc) is 3.40. The number of halogens is 2. The third-order valence-electron chi connectivity index (χ3n) is 6.21. The first kappa shape index (κ1) is 28.8. The van der Waals surface area contributed by atoms with E-state index >= 15 is 0 Å². The van der Waals surface area contributed by atoms with Crippen molar-refractivity contribution in [3.05, 3.63) is 77.1 Å². The van der Waals surface area contributed by atoms with Gasteiger partial charge in [-0.15, -0.1) is 12.4 Å². The molecule has 1 aromatic heterocycles. The van der Waals surface area contributed by atoms with Gasteiger partial charge in [0.05, 0.1) is 47.6 Å². The van der Waals surface area contributed by atoms with E-state index in [0.29, 0.717) is 46.8 Å². The van der Waals surface area contributed by atoms with Crippen molar-refractivity contribution in [2.75, 3.05) is 50.2 Å². The van der Waals surface area contributed by atoms with E-state index < -0.39 is 0 Å². The summed E-state index contributed by atoms with van der Waals surface area (Å²) >= 11 is 6.47. The van der Waals surface area contributed by atoms with Crippen molar-refractivity contribution in [3.8, 4) is 17.6 Å². The van der Waals surface area contributed by atoms with Crippen LogP contribution in [0.4, 0.5) is 11.4 Å². The van der Waals surface area contributed by atoms with Gasteiger partial charge in [-0.2, -0.15) is 5.26 Å². The second-order valence-electron chi connectivity index (χ2n) is 8.79. The van der Waals surface area contributed by atoms with Crippen LogP contribution in [0.25, 0.3) is 22.7 Å². The first-order valence-corrected chi connectivity index (χ1v) is 12.7. The van der Waals surface area contributed by atoms with Gasteiger partial charge in [0, 0.05) is 18.8 Å². The second kappa shape index (κ2) is 13.2. The largest absolute Gasteiger partial charge is 0.493 e. The van der Waals surface area contributed by atoms with E-state index in [1.807, 2.05) is 36.4 Å². The summed E-state index contributed by atoms with van der Waals surface area (Å²) in [5.74, 6) is 0.963. The van der Waals surface area contributed by atoms with Crippen LogP contribution >= 0.6 is 24.0 Å². The Morgan fingerprint density at radius 3 is 2.70 bits per heavy atom. The molecule has 9 nitrogen and oxygen atoms in total. The molecule has 206 valence electrons. The van der Waals surface area contributed by atoms with Crippen molar-refractivity contribution in [1.82, 2.24) is 9.97 Å². The number of aromatic nitrogens is 2. The van der Waals surface area contributed by atoms with E-state index in [2.05, 4.69) is 26.3 Å². The number of methoxy groups -OCH3 is 1. The first-order chi connectivity index (χ1) is 19.0. The molecule has 1 aliphatic heterocycles. The number of nitrogens with zero attached hydrogens (tertiary/aromatic N) is 3. The van der Waals surface area contributed by atoms with Crippen LogP contribution < -0.4 is 19.7 Å². The maximum Gasteiger partial charge on any atom is 0.262 e. The highest BCUT2D eigenvalue weighted by Gasteiger charge is 2.16. The molecule has 3 aromatic carbocycles. The van der Waals surface area contributed by atoms with Crippen LogP contribution in [-0.4, -0.2) is 55.9 Å². The molecular weight excluding hydrogens is 553 g/mol. The van der Waals surface area contributed by atoms with Gasteiger partial charge in [0.25, 0.3) is 5.91 Å². The molecule has 4 aromatic rings. The van der Waals surface area contributed by atoms with E-state index in [4.69, 9.17) is 25.8 Å². The van der Waals surface area contributed by atoms with Crippen LogP contribution in [0.2, 0.25) is 5.02 Å². The van der Waals surface area contributed by atoms with Crippen LogP contribution in [-0.2, 0) is 9.53 Å². The number of amides is 1. The Balaban J connectivity index is 0.00000370. The molecule has 2 heterocycles. The molecule has 1 fully saturated rings. The molecular formula is C29H27Cl2N5O4. The fraction of sp³-hybridized carbons (Fsp3) is 0.207. The minimum Gasteiger partial charge on any atom is -0.493 e. The molecule has 1 amide bonds. The lowest BCUT2D eigenvalue weighted by atomic mass is 10.1. The Bertz CT molecular complexity index is 1540. The Hall–Kier alpha value is -4.23. The van der Waals surface area contributed by atoms with Crippen molar-refractivity contribution in [2.45, 2.75) is 0 Å². The van der Waals surface area contributed by atoms with Gasteiger partial charge < -0.3 is 29.4 Å². The number of allylic oxidation sites excluding steroid dienone is 1. The molecule has 5 rings (SSSR count). The highest BCUT2D eigenvalue weighted by atomic mass is 35.5. The predicted molar refractivity (Wildman–Crippen MR) is 158 cm³/mol. The number of benzene rings is 3. The number of H-pyrrole nitrogens is 1. The van der Waals surface area contributed by atoms with Gasteiger partial charge in [-0.1, -0.05) is 29.8 Å². The van der Waals surface area contributed by atoms with E-state index in [9.17, 15) is 10.1 Å². The van der Waals surface area contributed by atoms with E-state index in [0.717, 1.165) is 35.4 Å². The second-order valence-corrected chi connectivity index (χ2v) is 9.19. The number of hydrogen-bond acceptors (Lipinski definition) is 7. The SMILES string of the molecule is COc1cc(C=C(C#N)c2nc3ccccc3[nH]2)ccc1OCC(=O)Nc1ccc(N2CCOCC2)c(Cl)c1.Cl. The van der Waals surface area contributed by atoms with Crippen LogP contribution in [0, 0.1) is 11.3 Å². The fourth-order valence-corrected chi connectivity index (χ4v) is 4.58. The average molecular weight is 580 g/mol. The third-order valence-corrected chi connectivity index (χ3v) is 6.51. The number of nitriles is 1. The summed E-state index contributed by atoms with van der Waals surface area (Å²) in [6.07, 6.45) is 1.71. The molecule has 0 bridgehead atoms. The Morgan fingerprint density at radius 2 is 1.98 bits per heavy atom. The van der Waals surface area contributed by atoms with E-state index in [1.54, 1.807) is 30.3 Å². The molecule has 1 saturated heterocycles. The van der Waals surface area contributed by atoms with Crippen molar-refractivity contribution in [2.24, 2.45) is 0 Å². The maximum absolute atomic E-state index is 12.6. The van der Waals surface area contributed by atoms with E-state index in [1.165, 1.54) is 7.11 Å². The minimum atomic E-state index is -0.340. The molecule has 0 atom stereocenters. The number of carbonyl (C=O) groups is 1. The van der Waals surface area contributed by atoms with E-state index in [-0.39, 0.29) is 24.9 Å². The molecule has 11 heteroatoms. The van der Waals surface area contributed by atoms with Gasteiger partial charge in [-0.3, -0.25) is 4.79 Å². The Morgan fingerprint density at radius 1 is 1.18 bits per heavy atom. The number of aromatic amines is 1. The molecule has 2 N–H and O–H groups in total. The molecule has 0 spiro atoms. The quantitative estimate of drug-likeness (QED) is 0.262. The summed E-state index contributed by atoms with van der Waals surface area (Å²) in [6.45, 7) is 2.64. The molecule has 0 saturated carbocycles. The normalized spacial score (nSPS) is 13.3. The van der Waals surface area contributed by atoms with Crippen LogP contribution in [0.5, 0.6) is 11.5 Å². The molecule has 0 unspecified atom stereocenters. The maximum atomic E-state index is 12.6. The van der Waals surface area contributed by atoms with Crippen LogP contribution in [0.1, 0.15) is 11.4 Å². The predicted octanol–water partition coefficient (Wildman–Crippen LogP) is 5.56. The number of fused-ring (bicyclic) bond motifs is 1. The Labute approximate surface area is 242 Å². The standard InChI is InChI=1S/C29H26ClN5O4.ClH/c1-37-27-15-19(14-20(17-31)29-33-23-4-2-3-5-24(23)34-29)6-9-26(27)39-18-28(36)32-21-7-8-25(22(30)16-21)35-10-12-38-13-11-35;/h2-9,14-16H,10-13,18H2,1H3,(H,32,36)(H,33,34);1H. The van der Waals surface area contributed by atoms with Crippen molar-refractivity contribution < 1.29 is 19.0 Å². The number of anilines is 2. The fourth-order valence-electron chi connectivity index (χ4n) is 4.28. The molecule has 0 aliphatic carbocycles. The van der Waals surface area contributed by atoms with Gasteiger partial charge in [0.15, 0.2) is 18.1 Å². The summed E-state index contributed by atoms with van der Waals surface area (Å²) in [6, 6.07) is 20.4. The number of hydrogen-bond donors (Lipinski definition) is 2. The minimum absolute atomic E-state index is 0. The monoisotopic (exact) mass is 579 g/mol. The lowest BCUT2D eigenvalue weighted by Gasteiger charge is -2.29. The van der Waals surface area contributed by atoms with Crippen molar-refractivity contribution in [3.63, 3.8) is 0 Å². The summed E-state index contributed by atoms with van der Waals surface area (Å²) in [4.78, 5) is 22.4. The van der Waals surface area contributed by atoms with Gasteiger partial charge in [0.1, 0.15) is 11.9 Å². The van der Waals surface area contributed by atoms with Gasteiger partial charge in [-0.05, 0) is 54.1 Å². The summed E-state index contributed by atoms with van der Waals surface area (Å²) in [5.41, 5.74) is 4.21. The third kappa shape index (κ3) is 6.66. The highest BCUT2D eigenvalue weighted by molar-refractivity contribution is 6.33. The first-order valence-electron chi connectivity index (χ1n) is 12.3. The smallest absolute Gasteiger partial charge is 0.262 e. The summed E-state index contributed by atoms with van der Waals surface area (Å²) in [5, 5.41) is 13.1. The lowest BCUT2D eigenvalue weighted by Crippen LogP contribution is -2.36. The van der Waals surface area contributed by atoms with Crippen molar-refractivity contribution in [1.29, 1.82) is 5.26 Å². The number of morpholine rings is 1. The number of rotatable bonds is 8. The molecule has 40 heavy (non-hydrogen) atoms. The molecule has 0 radical (unpaired) electrons. The zero-order chi connectivity index (χ0) is 27.2. The zero-order valence-electron chi connectivity index (χ0n) is 21.6. The lowest BCUT2D eigenvalue weighted by molar-refractivity contribution is -0.118. The van der Waals surface area contributed by atoms with Gasteiger partial charge >= 0.3 is 0 Å². The zero-order valence-corrected chi connectivity index (χ0v) is 23.2. The number of nitrogens with one attached hydrogen (secondary N) is 2. The highest BCUT2D eigenvalue weighted by Crippen LogP contribution is 2.31. The van der Waals surface area contributed by atoms with Crippen molar-refractivity contribution >= 4 is 64.0 Å². The van der Waals surface area contributed by atoms with Crippen LogP contribution in [0.3, 0.4) is 0 Å². The number of ether oxygens (including phenoxy) is 3.